The van der Waals surface area contributed by atoms with Crippen LogP contribution in [-0.4, -0.2) is 41.7 Å². The van der Waals surface area contributed by atoms with Crippen LogP contribution in [0.2, 0.25) is 0 Å². The topological polar surface area (TPSA) is 138 Å². The van der Waals surface area contributed by atoms with Crippen molar-refractivity contribution in [3.8, 4) is 0 Å². The predicted molar refractivity (Wildman–Crippen MR) is 47.4 cm³/mol. The molecule has 0 aromatic rings. The van der Waals surface area contributed by atoms with Gasteiger partial charge in [-0.25, -0.2) is 8.39 Å². The number of hydrogen-bond acceptors (Lipinski definition) is 5. The van der Waals surface area contributed by atoms with Crippen molar-refractivity contribution in [3.05, 3.63) is 0 Å². The molecule has 11 heteroatoms. The van der Waals surface area contributed by atoms with Crippen LogP contribution < -0.4 is 0 Å². The molecule has 0 radical (unpaired) electrons. The van der Waals surface area contributed by atoms with E-state index in [2.05, 4.69) is 4.18 Å². The van der Waals surface area contributed by atoms with E-state index in [4.69, 9.17) is 13.7 Å². The first-order chi connectivity index (χ1) is 6.22. The van der Waals surface area contributed by atoms with E-state index in [1.807, 2.05) is 0 Å². The molecule has 14 heavy (non-hydrogen) atoms. The molecule has 0 aliphatic heterocycles. The smallest absolute Gasteiger partial charge is 0.303 e. The second-order valence-electron chi connectivity index (χ2n) is 2.09. The third kappa shape index (κ3) is 7.49. The Morgan fingerprint density at radius 3 is 2.07 bits per heavy atom. The van der Waals surface area contributed by atoms with Crippen molar-refractivity contribution in [2.75, 3.05) is 5.75 Å². The molecule has 0 heterocycles. The summed E-state index contributed by atoms with van der Waals surface area (Å²) in [5.74, 6) is -0.832. The number of hydrogen-bond donors (Lipinski definition) is 3. The molecule has 0 saturated heterocycles. The third-order valence-corrected chi connectivity index (χ3v) is 3.08. The molecule has 86 valence electrons. The lowest BCUT2D eigenvalue weighted by molar-refractivity contribution is 0.261. The highest BCUT2D eigenvalue weighted by Gasteiger charge is 2.21. The Bertz CT molecular complexity index is 319. The summed E-state index contributed by atoms with van der Waals surface area (Å²) >= 11 is -5.38. The van der Waals surface area contributed by atoms with Crippen LogP contribution in [0.5, 0.6) is 0 Å². The maximum atomic E-state index is 10.4. The summed E-state index contributed by atoms with van der Waals surface area (Å²) in [6.45, 7) is 0. The van der Waals surface area contributed by atoms with Gasteiger partial charge in [0.05, 0.1) is 5.75 Å². The minimum atomic E-state index is -4.29. The average molecular weight is 268 g/mol. The van der Waals surface area contributed by atoms with Crippen molar-refractivity contribution in [1.82, 2.24) is 0 Å². The predicted octanol–water partition coefficient (Wildman–Crippen LogP) is -1.03. The third-order valence-electron chi connectivity index (χ3n) is 1.03. The van der Waals surface area contributed by atoms with Gasteiger partial charge in [0, 0.05) is 6.42 Å². The second kappa shape index (κ2) is 5.85. The molecule has 0 saturated carbocycles. The zero-order chi connectivity index (χ0) is 11.4. The van der Waals surface area contributed by atoms with E-state index >= 15 is 0 Å². The molecule has 0 fully saturated rings. The van der Waals surface area contributed by atoms with Gasteiger partial charge in [-0.05, 0) is 0 Å². The second-order valence-corrected chi connectivity index (χ2v) is 5.37. The zero-order valence-corrected chi connectivity index (χ0v) is 9.05. The minimum Gasteiger partial charge on any atom is -0.304 e. The zero-order valence-electron chi connectivity index (χ0n) is 6.60. The Morgan fingerprint density at radius 2 is 1.79 bits per heavy atom. The fraction of sp³-hybridized carbons (Fsp3) is 1.00. The van der Waals surface area contributed by atoms with Crippen LogP contribution >= 0.6 is 0 Å². The maximum absolute atomic E-state index is 10.4. The van der Waals surface area contributed by atoms with Crippen LogP contribution in [0, 0.1) is 0 Å². The van der Waals surface area contributed by atoms with Crippen molar-refractivity contribution >= 4 is 32.6 Å². The van der Waals surface area contributed by atoms with Gasteiger partial charge in [-0.3, -0.25) is 9.11 Å². The minimum absolute atomic E-state index is 0.561. The molecular weight excluding hydrogens is 260 g/mol. The lowest BCUT2D eigenvalue weighted by Crippen LogP contribution is -2.23. The Balaban J connectivity index is 4.25. The molecular formula is C3H8O8S3. The quantitative estimate of drug-likeness (QED) is 0.410. The van der Waals surface area contributed by atoms with E-state index in [0.29, 0.717) is 0 Å². The van der Waals surface area contributed by atoms with Crippen LogP contribution in [0.4, 0.5) is 0 Å². The van der Waals surface area contributed by atoms with Crippen LogP contribution in [0.25, 0.3) is 0 Å². The molecule has 0 aliphatic rings. The summed E-state index contributed by atoms with van der Waals surface area (Å²) in [4.78, 5) is 0. The summed E-state index contributed by atoms with van der Waals surface area (Å²) in [5, 5.41) is 0. The first kappa shape index (κ1) is 14.1. The fourth-order valence-electron chi connectivity index (χ4n) is 0.520. The van der Waals surface area contributed by atoms with Crippen molar-refractivity contribution in [2.24, 2.45) is 0 Å². The van der Waals surface area contributed by atoms with Crippen molar-refractivity contribution in [3.63, 3.8) is 0 Å². The number of rotatable bonds is 6. The van der Waals surface area contributed by atoms with Crippen molar-refractivity contribution < 1.29 is 34.7 Å². The summed E-state index contributed by atoms with van der Waals surface area (Å²) in [6, 6.07) is 0. The van der Waals surface area contributed by atoms with E-state index in [9.17, 15) is 16.8 Å². The highest BCUT2D eigenvalue weighted by Crippen LogP contribution is 2.05. The molecule has 0 spiro atoms. The fourth-order valence-corrected chi connectivity index (χ4v) is 2.25. The summed E-state index contributed by atoms with van der Waals surface area (Å²) < 4.78 is 69.9. The molecule has 0 amide bonds. The van der Waals surface area contributed by atoms with Gasteiger partial charge in [0.2, 0.25) is 0 Å². The summed E-state index contributed by atoms with van der Waals surface area (Å²) in [6.07, 6.45) is -0.561. The van der Waals surface area contributed by atoms with E-state index in [1.165, 1.54) is 0 Å². The molecule has 3 atom stereocenters. The standard InChI is InChI=1S/C3H8O8S3/c4-12(5)3(11-13(6)7)1-2-14(8,9)10/h3H,1-2H2,(H,4,5)(H,6,7)(H,8,9,10). The van der Waals surface area contributed by atoms with E-state index in [-0.39, 0.29) is 0 Å². The summed E-state index contributed by atoms with van der Waals surface area (Å²) in [7, 11) is -4.29. The van der Waals surface area contributed by atoms with Crippen LogP contribution in [0.3, 0.4) is 0 Å². The normalized spacial score (nSPS) is 18.8. The molecule has 3 unspecified atom stereocenters. The monoisotopic (exact) mass is 268 g/mol. The van der Waals surface area contributed by atoms with Gasteiger partial charge in [0.25, 0.3) is 10.1 Å². The summed E-state index contributed by atoms with van der Waals surface area (Å²) in [5.41, 5.74) is -1.64. The van der Waals surface area contributed by atoms with Crippen LogP contribution in [-0.2, 0) is 36.7 Å². The lowest BCUT2D eigenvalue weighted by atomic mass is 10.5. The maximum Gasteiger partial charge on any atom is 0.303 e. The van der Waals surface area contributed by atoms with Gasteiger partial charge in [-0.1, -0.05) is 0 Å². The highest BCUT2D eigenvalue weighted by molar-refractivity contribution is 7.85. The van der Waals surface area contributed by atoms with Crippen LogP contribution in [0.15, 0.2) is 0 Å². The van der Waals surface area contributed by atoms with Crippen LogP contribution in [0.1, 0.15) is 6.42 Å². The molecule has 0 aliphatic carbocycles. The first-order valence-electron chi connectivity index (χ1n) is 3.05. The molecule has 8 nitrogen and oxygen atoms in total. The van der Waals surface area contributed by atoms with Gasteiger partial charge < -0.3 is 4.55 Å². The highest BCUT2D eigenvalue weighted by atomic mass is 32.2. The van der Waals surface area contributed by atoms with Gasteiger partial charge in [0.1, 0.15) is 0 Å². The average Bonchev–Trinajstić information content (AvgIpc) is 1.94. The molecule has 0 aromatic carbocycles. The SMILES string of the molecule is O=S(O)OC(CCS(=O)(=O)O)S(=O)O. The van der Waals surface area contributed by atoms with E-state index in [0.717, 1.165) is 0 Å². The Morgan fingerprint density at radius 1 is 1.29 bits per heavy atom. The van der Waals surface area contributed by atoms with Gasteiger partial charge >= 0.3 is 11.4 Å². The Kier molecular flexibility index (Phi) is 5.88. The van der Waals surface area contributed by atoms with Gasteiger partial charge in [0.15, 0.2) is 16.5 Å². The molecule has 3 N–H and O–H groups in total. The van der Waals surface area contributed by atoms with Gasteiger partial charge in [-0.2, -0.15) is 12.6 Å². The van der Waals surface area contributed by atoms with E-state index < -0.39 is 50.2 Å². The molecule has 0 bridgehead atoms. The first-order valence-corrected chi connectivity index (χ1v) is 6.86. The molecule has 0 aromatic heterocycles. The molecule has 0 rings (SSSR count). The Hall–Kier alpha value is 0.0900. The van der Waals surface area contributed by atoms with Crippen molar-refractivity contribution in [1.29, 1.82) is 0 Å². The van der Waals surface area contributed by atoms with Crippen molar-refractivity contribution in [2.45, 2.75) is 11.9 Å². The lowest BCUT2D eigenvalue weighted by Gasteiger charge is -2.08. The van der Waals surface area contributed by atoms with Gasteiger partial charge in [-0.15, -0.1) is 0 Å². The Labute approximate surface area is 85.2 Å². The largest absolute Gasteiger partial charge is 0.304 e. The van der Waals surface area contributed by atoms with E-state index in [1.54, 1.807) is 0 Å².